The van der Waals surface area contributed by atoms with Crippen LogP contribution in [0.1, 0.15) is 32.1 Å². The highest BCUT2D eigenvalue weighted by atomic mass is 14.7. The molecule has 0 saturated heterocycles. The number of nitriles is 1. The first kappa shape index (κ1) is 8.26. The summed E-state index contributed by atoms with van der Waals surface area (Å²) in [4.78, 5) is 4.03. The molecule has 60 valence electrons. The van der Waals surface area contributed by atoms with Gasteiger partial charge in [-0.2, -0.15) is 5.26 Å². The Morgan fingerprint density at radius 3 is 2.73 bits per heavy atom. The molecule has 0 amide bonds. The number of aliphatic imine (C=N–C) groups is 1. The summed E-state index contributed by atoms with van der Waals surface area (Å²) >= 11 is 0. The Labute approximate surface area is 67.9 Å². The second kappa shape index (κ2) is 4.90. The fraction of sp³-hybridized carbons (Fsp3) is 0.778. The monoisotopic (exact) mass is 150 g/mol. The number of hydrogen-bond donors (Lipinski definition) is 0. The second-order valence-corrected chi connectivity index (χ2v) is 3.05. The van der Waals surface area contributed by atoms with Crippen LogP contribution in [0, 0.1) is 17.2 Å². The first-order chi connectivity index (χ1) is 5.43. The Kier molecular flexibility index (Phi) is 3.68. The summed E-state index contributed by atoms with van der Waals surface area (Å²) in [5.74, 6) is 0.664. The molecule has 0 aromatic carbocycles. The highest BCUT2D eigenvalue weighted by Crippen LogP contribution is 2.21. The summed E-state index contributed by atoms with van der Waals surface area (Å²) in [6.07, 6.45) is 8.57. The molecule has 2 heteroatoms. The van der Waals surface area contributed by atoms with E-state index in [-0.39, 0.29) is 0 Å². The maximum absolute atomic E-state index is 8.23. The van der Waals surface area contributed by atoms with Crippen molar-refractivity contribution < 1.29 is 0 Å². The molecule has 0 aromatic heterocycles. The van der Waals surface area contributed by atoms with Gasteiger partial charge in [-0.3, -0.25) is 4.99 Å². The largest absolute Gasteiger partial charge is 0.282 e. The Bertz CT molecular complexity index is 161. The molecule has 2 nitrogen and oxygen atoms in total. The molecular formula is C9H14N2. The van der Waals surface area contributed by atoms with Gasteiger partial charge in [0.25, 0.3) is 0 Å². The molecule has 1 saturated carbocycles. The van der Waals surface area contributed by atoms with E-state index in [1.165, 1.54) is 32.1 Å². The van der Waals surface area contributed by atoms with E-state index in [0.29, 0.717) is 12.5 Å². The predicted molar refractivity (Wildman–Crippen MR) is 45.5 cm³/mol. The van der Waals surface area contributed by atoms with Gasteiger partial charge in [0.15, 0.2) is 0 Å². The number of rotatable bonds is 2. The third kappa shape index (κ3) is 3.18. The zero-order chi connectivity index (χ0) is 7.94. The molecule has 0 aliphatic heterocycles. The molecule has 1 rings (SSSR count). The maximum Gasteiger partial charge on any atom is 0.125 e. The van der Waals surface area contributed by atoms with Crippen LogP contribution >= 0.6 is 0 Å². The van der Waals surface area contributed by atoms with E-state index in [2.05, 4.69) is 4.99 Å². The van der Waals surface area contributed by atoms with Crippen molar-refractivity contribution in [1.82, 2.24) is 0 Å². The van der Waals surface area contributed by atoms with Gasteiger partial charge in [-0.1, -0.05) is 19.3 Å². The fourth-order valence-corrected chi connectivity index (χ4v) is 1.53. The Morgan fingerprint density at radius 2 is 2.09 bits per heavy atom. The minimum atomic E-state index is 0.330. The van der Waals surface area contributed by atoms with Crippen LogP contribution in [-0.2, 0) is 0 Å². The normalized spacial score (nSPS) is 20.3. The van der Waals surface area contributed by atoms with Gasteiger partial charge in [0.2, 0.25) is 0 Å². The molecule has 0 bridgehead atoms. The average Bonchev–Trinajstić information content (AvgIpc) is 2.07. The molecular weight excluding hydrogens is 136 g/mol. The van der Waals surface area contributed by atoms with E-state index in [1.807, 2.05) is 12.3 Å². The molecule has 0 heterocycles. The lowest BCUT2D eigenvalue weighted by molar-refractivity contribution is 0.444. The van der Waals surface area contributed by atoms with Crippen LogP contribution in [0.3, 0.4) is 0 Å². The highest BCUT2D eigenvalue weighted by Gasteiger charge is 2.09. The van der Waals surface area contributed by atoms with Gasteiger partial charge in [0.1, 0.15) is 6.54 Å². The first-order valence-corrected chi connectivity index (χ1v) is 4.30. The fourth-order valence-electron chi connectivity index (χ4n) is 1.53. The van der Waals surface area contributed by atoms with Gasteiger partial charge < -0.3 is 0 Å². The summed E-state index contributed by atoms with van der Waals surface area (Å²) in [6.45, 7) is 0.330. The molecule has 0 aromatic rings. The van der Waals surface area contributed by atoms with Crippen molar-refractivity contribution in [3.05, 3.63) is 0 Å². The van der Waals surface area contributed by atoms with Crippen molar-refractivity contribution >= 4 is 6.21 Å². The van der Waals surface area contributed by atoms with Gasteiger partial charge >= 0.3 is 0 Å². The third-order valence-electron chi connectivity index (χ3n) is 2.13. The van der Waals surface area contributed by atoms with Crippen LogP contribution in [0.4, 0.5) is 0 Å². The van der Waals surface area contributed by atoms with Crippen molar-refractivity contribution in [3.8, 4) is 6.07 Å². The summed E-state index contributed by atoms with van der Waals surface area (Å²) < 4.78 is 0. The molecule has 0 radical (unpaired) electrons. The molecule has 1 aliphatic rings. The molecule has 1 aliphatic carbocycles. The van der Waals surface area contributed by atoms with Crippen molar-refractivity contribution in [3.63, 3.8) is 0 Å². The summed E-state index contributed by atoms with van der Waals surface area (Å²) in [7, 11) is 0. The van der Waals surface area contributed by atoms with Crippen LogP contribution in [0.25, 0.3) is 0 Å². The van der Waals surface area contributed by atoms with E-state index < -0.39 is 0 Å². The zero-order valence-corrected chi connectivity index (χ0v) is 6.79. The quantitative estimate of drug-likeness (QED) is 0.439. The van der Waals surface area contributed by atoms with Crippen LogP contribution in [0.5, 0.6) is 0 Å². The van der Waals surface area contributed by atoms with Crippen LogP contribution in [0.15, 0.2) is 4.99 Å². The van der Waals surface area contributed by atoms with E-state index in [1.54, 1.807) is 0 Å². The van der Waals surface area contributed by atoms with E-state index >= 15 is 0 Å². The molecule has 0 N–H and O–H groups in total. The van der Waals surface area contributed by atoms with Gasteiger partial charge in [-0.15, -0.1) is 0 Å². The smallest absolute Gasteiger partial charge is 0.125 e. The molecule has 0 atom stereocenters. The summed E-state index contributed by atoms with van der Waals surface area (Å²) in [5, 5.41) is 8.23. The van der Waals surface area contributed by atoms with Gasteiger partial charge in [0, 0.05) is 6.21 Å². The Morgan fingerprint density at radius 1 is 1.36 bits per heavy atom. The van der Waals surface area contributed by atoms with E-state index in [9.17, 15) is 0 Å². The first-order valence-electron chi connectivity index (χ1n) is 4.30. The SMILES string of the molecule is N#CCN=CC1CCCCC1. The lowest BCUT2D eigenvalue weighted by Gasteiger charge is -2.16. The van der Waals surface area contributed by atoms with Crippen LogP contribution < -0.4 is 0 Å². The standard InChI is InChI=1S/C9H14N2/c10-6-7-11-8-9-4-2-1-3-5-9/h8-9H,1-5,7H2. The topological polar surface area (TPSA) is 36.1 Å². The second-order valence-electron chi connectivity index (χ2n) is 3.05. The summed E-state index contributed by atoms with van der Waals surface area (Å²) in [6, 6.07) is 2.01. The lowest BCUT2D eigenvalue weighted by Crippen LogP contribution is -2.07. The van der Waals surface area contributed by atoms with Gasteiger partial charge in [-0.05, 0) is 18.8 Å². The lowest BCUT2D eigenvalue weighted by atomic mass is 9.90. The van der Waals surface area contributed by atoms with Crippen molar-refractivity contribution in [2.75, 3.05) is 6.54 Å². The zero-order valence-electron chi connectivity index (χ0n) is 6.79. The number of nitrogens with zero attached hydrogens (tertiary/aromatic N) is 2. The molecule has 0 unspecified atom stereocenters. The van der Waals surface area contributed by atoms with Crippen molar-refractivity contribution in [2.45, 2.75) is 32.1 Å². The number of hydrogen-bond acceptors (Lipinski definition) is 2. The predicted octanol–water partition coefficient (Wildman–Crippen LogP) is 2.16. The van der Waals surface area contributed by atoms with Crippen molar-refractivity contribution in [2.24, 2.45) is 10.9 Å². The Hall–Kier alpha value is -0.840. The minimum absolute atomic E-state index is 0.330. The van der Waals surface area contributed by atoms with Crippen LogP contribution in [0.2, 0.25) is 0 Å². The molecule has 0 spiro atoms. The van der Waals surface area contributed by atoms with Crippen LogP contribution in [-0.4, -0.2) is 12.8 Å². The van der Waals surface area contributed by atoms with Gasteiger partial charge in [-0.25, -0.2) is 0 Å². The molecule has 1 fully saturated rings. The maximum atomic E-state index is 8.23. The minimum Gasteiger partial charge on any atom is -0.282 e. The average molecular weight is 150 g/mol. The van der Waals surface area contributed by atoms with E-state index in [4.69, 9.17) is 5.26 Å². The highest BCUT2D eigenvalue weighted by molar-refractivity contribution is 5.60. The van der Waals surface area contributed by atoms with E-state index in [0.717, 1.165) is 0 Å². The molecule has 11 heavy (non-hydrogen) atoms. The van der Waals surface area contributed by atoms with Gasteiger partial charge in [0.05, 0.1) is 6.07 Å². The summed E-state index contributed by atoms with van der Waals surface area (Å²) in [5.41, 5.74) is 0. The Balaban J connectivity index is 2.19. The van der Waals surface area contributed by atoms with Crippen molar-refractivity contribution in [1.29, 1.82) is 5.26 Å². The third-order valence-corrected chi connectivity index (χ3v) is 2.13.